The van der Waals surface area contributed by atoms with Crippen LogP contribution in [0.5, 0.6) is 0 Å². The van der Waals surface area contributed by atoms with Crippen LogP contribution in [-0.2, 0) is 4.79 Å². The van der Waals surface area contributed by atoms with Crippen LogP contribution in [0.1, 0.15) is 18.7 Å². The molecule has 0 spiro atoms. The number of aryl methyl sites for hydroxylation is 1. The van der Waals surface area contributed by atoms with Crippen molar-refractivity contribution in [1.29, 1.82) is 0 Å². The molecule has 0 saturated carbocycles. The molecule has 0 aliphatic rings. The maximum Gasteiger partial charge on any atom is 0.224 e. The van der Waals surface area contributed by atoms with Crippen molar-refractivity contribution in [3.05, 3.63) is 30.1 Å². The monoisotopic (exact) mass is 259 g/mol. The Morgan fingerprint density at radius 2 is 2.11 bits per heavy atom. The number of carbonyl (C=O) groups is 1. The molecule has 0 bridgehead atoms. The summed E-state index contributed by atoms with van der Waals surface area (Å²) in [7, 11) is 0. The highest BCUT2D eigenvalue weighted by Crippen LogP contribution is 2.17. The number of benzene rings is 1. The van der Waals surface area contributed by atoms with E-state index < -0.39 is 0 Å². The predicted molar refractivity (Wildman–Crippen MR) is 73.5 cm³/mol. The maximum atomic E-state index is 11.5. The molecule has 1 aromatic heterocycles. The number of amides is 1. The zero-order chi connectivity index (χ0) is 13.7. The fraction of sp³-hybridized carbons (Fsp3) is 0.308. The second-order valence-electron chi connectivity index (χ2n) is 4.26. The lowest BCUT2D eigenvalue weighted by atomic mass is 10.2. The third kappa shape index (κ3) is 3.62. The molecule has 1 aromatic carbocycles. The summed E-state index contributed by atoms with van der Waals surface area (Å²) >= 11 is 0. The zero-order valence-electron chi connectivity index (χ0n) is 10.8. The van der Waals surface area contributed by atoms with Gasteiger partial charge in [0.05, 0.1) is 0 Å². The Bertz CT molecular complexity index is 546. The van der Waals surface area contributed by atoms with E-state index in [0.29, 0.717) is 25.2 Å². The maximum absolute atomic E-state index is 11.5. The topological polar surface area (TPSA) is 96.7 Å². The lowest BCUT2D eigenvalue weighted by Crippen LogP contribution is -2.13. The summed E-state index contributed by atoms with van der Waals surface area (Å²) < 4.78 is 0. The third-order valence-electron chi connectivity index (χ3n) is 2.63. The summed E-state index contributed by atoms with van der Waals surface area (Å²) in [6.07, 6.45) is 1.14. The molecule has 1 amide bonds. The number of nitrogens with one attached hydrogen (secondary N) is 2. The number of hydrogen-bond acceptors (Lipinski definition) is 4. The molecule has 0 atom stereocenters. The molecule has 0 saturated heterocycles. The van der Waals surface area contributed by atoms with Crippen LogP contribution >= 0.6 is 0 Å². The minimum atomic E-state index is -0.0214. The van der Waals surface area contributed by atoms with Crippen LogP contribution in [-0.4, -0.2) is 27.6 Å². The smallest absolute Gasteiger partial charge is 0.224 e. The van der Waals surface area contributed by atoms with Crippen molar-refractivity contribution in [1.82, 2.24) is 15.2 Å². The van der Waals surface area contributed by atoms with Crippen molar-refractivity contribution in [2.45, 2.75) is 19.8 Å². The number of hydrogen-bond donors (Lipinski definition) is 3. The second-order valence-corrected chi connectivity index (χ2v) is 4.26. The highest BCUT2D eigenvalue weighted by Gasteiger charge is 2.05. The number of carbonyl (C=O) groups excluding carboxylic acids is 1. The fourth-order valence-corrected chi connectivity index (χ4v) is 1.66. The Morgan fingerprint density at radius 1 is 1.37 bits per heavy atom. The van der Waals surface area contributed by atoms with Gasteiger partial charge in [0, 0.05) is 17.7 Å². The molecule has 1 heterocycles. The Kier molecular flexibility index (Phi) is 4.25. The van der Waals surface area contributed by atoms with Crippen molar-refractivity contribution in [2.24, 2.45) is 5.73 Å². The van der Waals surface area contributed by atoms with Crippen molar-refractivity contribution in [2.75, 3.05) is 11.9 Å². The Labute approximate surface area is 111 Å². The average Bonchev–Trinajstić information content (AvgIpc) is 2.84. The number of nitrogens with zero attached hydrogens (tertiary/aromatic N) is 2. The molecular weight excluding hydrogens is 242 g/mol. The van der Waals surface area contributed by atoms with Gasteiger partial charge in [-0.1, -0.05) is 0 Å². The van der Waals surface area contributed by atoms with Gasteiger partial charge in [0.15, 0.2) is 5.82 Å². The molecule has 2 aromatic rings. The normalized spacial score (nSPS) is 10.4. The van der Waals surface area contributed by atoms with Crippen LogP contribution in [0, 0.1) is 6.92 Å². The number of anilines is 1. The van der Waals surface area contributed by atoms with E-state index in [1.54, 1.807) is 0 Å². The molecular formula is C13H17N5O. The van der Waals surface area contributed by atoms with E-state index in [9.17, 15) is 4.79 Å². The van der Waals surface area contributed by atoms with Crippen LogP contribution in [0.3, 0.4) is 0 Å². The van der Waals surface area contributed by atoms with E-state index in [-0.39, 0.29) is 5.91 Å². The number of nitrogens with two attached hydrogens (primary N) is 1. The molecule has 0 radical (unpaired) electrons. The lowest BCUT2D eigenvalue weighted by Gasteiger charge is -2.05. The van der Waals surface area contributed by atoms with Gasteiger partial charge in [-0.25, -0.2) is 4.98 Å². The number of rotatable bonds is 5. The van der Waals surface area contributed by atoms with Gasteiger partial charge < -0.3 is 11.1 Å². The van der Waals surface area contributed by atoms with Gasteiger partial charge >= 0.3 is 0 Å². The highest BCUT2D eigenvalue weighted by molar-refractivity contribution is 5.90. The summed E-state index contributed by atoms with van der Waals surface area (Å²) in [6, 6.07) is 7.42. The van der Waals surface area contributed by atoms with E-state index in [1.165, 1.54) is 0 Å². The van der Waals surface area contributed by atoms with Crippen LogP contribution in [0.2, 0.25) is 0 Å². The minimum absolute atomic E-state index is 0.0214. The van der Waals surface area contributed by atoms with Gasteiger partial charge in [-0.05, 0) is 44.2 Å². The first kappa shape index (κ1) is 13.2. The zero-order valence-corrected chi connectivity index (χ0v) is 10.8. The van der Waals surface area contributed by atoms with Crippen molar-refractivity contribution >= 4 is 11.6 Å². The second kappa shape index (κ2) is 6.10. The van der Waals surface area contributed by atoms with Gasteiger partial charge in [0.2, 0.25) is 5.91 Å². The summed E-state index contributed by atoms with van der Waals surface area (Å²) in [4.78, 5) is 15.8. The number of aromatic amines is 1. The minimum Gasteiger partial charge on any atom is -0.330 e. The Morgan fingerprint density at radius 3 is 2.68 bits per heavy atom. The van der Waals surface area contributed by atoms with Crippen LogP contribution in [0.4, 0.5) is 5.69 Å². The average molecular weight is 259 g/mol. The molecule has 2 rings (SSSR count). The highest BCUT2D eigenvalue weighted by atomic mass is 16.1. The molecule has 0 unspecified atom stereocenters. The summed E-state index contributed by atoms with van der Waals surface area (Å²) in [5.41, 5.74) is 7.03. The standard InChI is InChI=1S/C13H17N5O/c1-9-15-13(18-17-9)10-4-6-11(7-5-10)16-12(19)3-2-8-14/h4-7H,2-3,8,14H2,1H3,(H,16,19)(H,15,17,18). The fourth-order valence-electron chi connectivity index (χ4n) is 1.66. The SMILES string of the molecule is Cc1nc(-c2ccc(NC(=O)CCCN)cc2)n[nH]1. The molecule has 6 nitrogen and oxygen atoms in total. The van der Waals surface area contributed by atoms with Gasteiger partial charge in [-0.15, -0.1) is 0 Å². The van der Waals surface area contributed by atoms with Gasteiger partial charge in [0.1, 0.15) is 5.82 Å². The van der Waals surface area contributed by atoms with Crippen LogP contribution in [0.25, 0.3) is 11.4 Å². The molecule has 19 heavy (non-hydrogen) atoms. The summed E-state index contributed by atoms with van der Waals surface area (Å²) in [5, 5.41) is 9.69. The van der Waals surface area contributed by atoms with E-state index in [2.05, 4.69) is 20.5 Å². The third-order valence-corrected chi connectivity index (χ3v) is 2.63. The van der Waals surface area contributed by atoms with Gasteiger partial charge in [-0.3, -0.25) is 9.89 Å². The van der Waals surface area contributed by atoms with Gasteiger partial charge in [0.25, 0.3) is 0 Å². The molecule has 4 N–H and O–H groups in total. The molecule has 6 heteroatoms. The van der Waals surface area contributed by atoms with Crippen molar-refractivity contribution < 1.29 is 4.79 Å². The Hall–Kier alpha value is -2.21. The van der Waals surface area contributed by atoms with Crippen LogP contribution in [0.15, 0.2) is 24.3 Å². The van der Waals surface area contributed by atoms with Gasteiger partial charge in [-0.2, -0.15) is 5.10 Å². The van der Waals surface area contributed by atoms with Crippen molar-refractivity contribution in [3.8, 4) is 11.4 Å². The number of H-pyrrole nitrogens is 1. The quantitative estimate of drug-likeness (QED) is 0.757. The first-order chi connectivity index (χ1) is 9.19. The summed E-state index contributed by atoms with van der Waals surface area (Å²) in [6.45, 7) is 2.37. The van der Waals surface area contributed by atoms with E-state index >= 15 is 0 Å². The molecule has 0 fully saturated rings. The van der Waals surface area contributed by atoms with E-state index in [1.807, 2.05) is 31.2 Å². The van der Waals surface area contributed by atoms with Crippen molar-refractivity contribution in [3.63, 3.8) is 0 Å². The Balaban J connectivity index is 2.00. The number of aromatic nitrogens is 3. The van der Waals surface area contributed by atoms with E-state index in [0.717, 1.165) is 17.1 Å². The first-order valence-electron chi connectivity index (χ1n) is 6.18. The lowest BCUT2D eigenvalue weighted by molar-refractivity contribution is -0.116. The molecule has 0 aliphatic carbocycles. The predicted octanol–water partition coefficient (Wildman–Crippen LogP) is 1.46. The summed E-state index contributed by atoms with van der Waals surface area (Å²) in [5.74, 6) is 1.40. The molecule has 0 aliphatic heterocycles. The molecule has 100 valence electrons. The largest absolute Gasteiger partial charge is 0.330 e. The van der Waals surface area contributed by atoms with E-state index in [4.69, 9.17) is 5.73 Å². The first-order valence-corrected chi connectivity index (χ1v) is 6.18. The van der Waals surface area contributed by atoms with Crippen LogP contribution < -0.4 is 11.1 Å².